The lowest BCUT2D eigenvalue weighted by Gasteiger charge is -2.21. The van der Waals surface area contributed by atoms with Gasteiger partial charge in [0, 0.05) is 17.0 Å². The molecule has 1 heterocycles. The van der Waals surface area contributed by atoms with Crippen molar-refractivity contribution >= 4 is 44.4 Å². The van der Waals surface area contributed by atoms with E-state index in [9.17, 15) is 4.79 Å². The molecule has 28 heavy (non-hydrogen) atoms. The smallest absolute Gasteiger partial charge is 0.260 e. The summed E-state index contributed by atoms with van der Waals surface area (Å²) in [6, 6.07) is 14.2. The number of anilines is 1. The van der Waals surface area contributed by atoms with E-state index in [1.54, 1.807) is 23.1 Å². The molecule has 0 bridgehead atoms. The van der Waals surface area contributed by atoms with Crippen molar-refractivity contribution < 1.29 is 4.79 Å². The van der Waals surface area contributed by atoms with Crippen molar-refractivity contribution in [3.05, 3.63) is 53.6 Å². The first-order valence-corrected chi connectivity index (χ1v) is 11.6. The quantitative estimate of drug-likeness (QED) is 0.477. The van der Waals surface area contributed by atoms with Crippen molar-refractivity contribution in [3.8, 4) is 0 Å². The Hall–Kier alpha value is -1.89. The van der Waals surface area contributed by atoms with Crippen LogP contribution in [-0.4, -0.2) is 49.2 Å². The third-order valence-corrected chi connectivity index (χ3v) is 6.43. The molecule has 0 aliphatic heterocycles. The Bertz CT molecular complexity index is 935. The second kappa shape index (κ2) is 9.54. The SMILES string of the molecule is CCc1ccc2nc(N(CCCN(C)C)C(=O)c3ccc(SC)cc3)sc2c1. The lowest BCUT2D eigenvalue weighted by atomic mass is 10.2. The fraction of sp³-hybridized carbons (Fsp3) is 0.364. The molecular weight excluding hydrogens is 386 g/mol. The second-order valence-corrected chi connectivity index (χ2v) is 8.88. The van der Waals surface area contributed by atoms with Crippen LogP contribution >= 0.6 is 23.1 Å². The van der Waals surface area contributed by atoms with E-state index in [2.05, 4.69) is 44.1 Å². The summed E-state index contributed by atoms with van der Waals surface area (Å²) < 4.78 is 1.14. The number of thioether (sulfide) groups is 1. The van der Waals surface area contributed by atoms with Crippen LogP contribution in [0.3, 0.4) is 0 Å². The molecule has 3 aromatic rings. The van der Waals surface area contributed by atoms with Gasteiger partial charge in [-0.2, -0.15) is 0 Å². The van der Waals surface area contributed by atoms with Crippen molar-refractivity contribution in [1.29, 1.82) is 0 Å². The average Bonchev–Trinajstić information content (AvgIpc) is 3.13. The molecule has 4 nitrogen and oxygen atoms in total. The van der Waals surface area contributed by atoms with Gasteiger partial charge in [0.1, 0.15) is 0 Å². The zero-order chi connectivity index (χ0) is 20.1. The van der Waals surface area contributed by atoms with Gasteiger partial charge in [-0.25, -0.2) is 4.98 Å². The Balaban J connectivity index is 1.92. The monoisotopic (exact) mass is 413 g/mol. The Morgan fingerprint density at radius 1 is 1.11 bits per heavy atom. The molecule has 0 unspecified atom stereocenters. The first kappa shape index (κ1) is 20.8. The van der Waals surface area contributed by atoms with E-state index in [0.717, 1.165) is 39.6 Å². The van der Waals surface area contributed by atoms with Gasteiger partial charge in [-0.1, -0.05) is 24.3 Å². The molecule has 0 N–H and O–H groups in total. The molecule has 0 atom stereocenters. The maximum atomic E-state index is 13.3. The fourth-order valence-corrected chi connectivity index (χ4v) is 4.47. The number of carbonyl (C=O) groups excluding carboxylic acids is 1. The molecule has 0 aliphatic rings. The number of thiazole rings is 1. The van der Waals surface area contributed by atoms with Gasteiger partial charge in [0.15, 0.2) is 5.13 Å². The summed E-state index contributed by atoms with van der Waals surface area (Å²) in [5.74, 6) is 0.0150. The Kier molecular flexibility index (Phi) is 7.10. The normalized spacial score (nSPS) is 11.3. The summed E-state index contributed by atoms with van der Waals surface area (Å²) in [4.78, 5) is 23.2. The molecule has 0 aliphatic carbocycles. The summed E-state index contributed by atoms with van der Waals surface area (Å²) in [5.41, 5.74) is 2.96. The van der Waals surface area contributed by atoms with Crippen LogP contribution in [0, 0.1) is 0 Å². The second-order valence-electron chi connectivity index (χ2n) is 6.99. The van der Waals surface area contributed by atoms with Crippen LogP contribution in [0.25, 0.3) is 10.2 Å². The maximum absolute atomic E-state index is 13.3. The van der Waals surface area contributed by atoms with Crippen LogP contribution in [0.2, 0.25) is 0 Å². The number of carbonyl (C=O) groups is 1. The highest BCUT2D eigenvalue weighted by molar-refractivity contribution is 7.98. The largest absolute Gasteiger partial charge is 0.309 e. The van der Waals surface area contributed by atoms with Crippen LogP contribution in [0.1, 0.15) is 29.3 Å². The van der Waals surface area contributed by atoms with Gasteiger partial charge in [0.25, 0.3) is 5.91 Å². The third kappa shape index (κ3) is 4.93. The van der Waals surface area contributed by atoms with Gasteiger partial charge in [-0.3, -0.25) is 9.69 Å². The summed E-state index contributed by atoms with van der Waals surface area (Å²) in [7, 11) is 4.11. The molecular formula is C22H27N3OS2. The molecule has 3 rings (SSSR count). The number of aryl methyl sites for hydroxylation is 1. The average molecular weight is 414 g/mol. The van der Waals surface area contributed by atoms with Gasteiger partial charge in [-0.15, -0.1) is 11.8 Å². The van der Waals surface area contributed by atoms with Crippen molar-refractivity contribution in [2.75, 3.05) is 38.3 Å². The number of benzene rings is 2. The zero-order valence-corrected chi connectivity index (χ0v) is 18.6. The first-order valence-electron chi connectivity index (χ1n) is 9.52. The van der Waals surface area contributed by atoms with Crippen LogP contribution in [-0.2, 0) is 6.42 Å². The van der Waals surface area contributed by atoms with Gasteiger partial charge in [-0.05, 0) is 81.7 Å². The van der Waals surface area contributed by atoms with Crippen LogP contribution in [0.4, 0.5) is 5.13 Å². The summed E-state index contributed by atoms with van der Waals surface area (Å²) >= 11 is 3.28. The van der Waals surface area contributed by atoms with Crippen LogP contribution < -0.4 is 4.90 Å². The zero-order valence-electron chi connectivity index (χ0n) is 16.9. The minimum Gasteiger partial charge on any atom is -0.309 e. The number of aromatic nitrogens is 1. The molecule has 0 saturated heterocycles. The predicted octanol–water partition coefficient (Wildman–Crippen LogP) is 5.18. The third-order valence-electron chi connectivity index (χ3n) is 4.65. The van der Waals surface area contributed by atoms with Crippen molar-refractivity contribution in [1.82, 2.24) is 9.88 Å². The number of hydrogen-bond donors (Lipinski definition) is 0. The highest BCUT2D eigenvalue weighted by Gasteiger charge is 2.21. The van der Waals surface area contributed by atoms with Crippen molar-refractivity contribution in [2.45, 2.75) is 24.7 Å². The molecule has 6 heteroatoms. The van der Waals surface area contributed by atoms with Crippen LogP contribution in [0.15, 0.2) is 47.4 Å². The van der Waals surface area contributed by atoms with Crippen LogP contribution in [0.5, 0.6) is 0 Å². The molecule has 2 aromatic carbocycles. The Morgan fingerprint density at radius 3 is 2.50 bits per heavy atom. The Morgan fingerprint density at radius 2 is 1.86 bits per heavy atom. The predicted molar refractivity (Wildman–Crippen MR) is 122 cm³/mol. The van der Waals surface area contributed by atoms with Crippen molar-refractivity contribution in [2.24, 2.45) is 0 Å². The molecule has 148 valence electrons. The number of amides is 1. The molecule has 0 radical (unpaired) electrons. The minimum atomic E-state index is 0.0150. The Labute approximate surface area is 175 Å². The van der Waals surface area contributed by atoms with Gasteiger partial charge in [0.2, 0.25) is 0 Å². The highest BCUT2D eigenvalue weighted by Crippen LogP contribution is 2.31. The lowest BCUT2D eigenvalue weighted by molar-refractivity contribution is 0.0986. The van der Waals surface area contributed by atoms with Gasteiger partial charge >= 0.3 is 0 Å². The number of rotatable bonds is 8. The van der Waals surface area contributed by atoms with Gasteiger partial charge in [0.05, 0.1) is 10.2 Å². The summed E-state index contributed by atoms with van der Waals surface area (Å²) in [6.45, 7) is 3.74. The summed E-state index contributed by atoms with van der Waals surface area (Å²) in [6.07, 6.45) is 3.93. The minimum absolute atomic E-state index is 0.0150. The lowest BCUT2D eigenvalue weighted by Crippen LogP contribution is -2.33. The van der Waals surface area contributed by atoms with E-state index in [-0.39, 0.29) is 5.91 Å². The van der Waals surface area contributed by atoms with E-state index < -0.39 is 0 Å². The molecule has 0 saturated carbocycles. The van der Waals surface area contributed by atoms with Crippen molar-refractivity contribution in [3.63, 3.8) is 0 Å². The standard InChI is InChI=1S/C22H27N3OS2/c1-5-16-7-12-19-20(15-16)28-22(23-19)25(14-6-13-24(2)3)21(26)17-8-10-18(27-4)11-9-17/h7-12,15H,5-6,13-14H2,1-4H3. The van der Waals surface area contributed by atoms with E-state index in [1.807, 2.05) is 35.4 Å². The van der Waals surface area contributed by atoms with E-state index in [1.165, 1.54) is 5.56 Å². The number of fused-ring (bicyclic) bond motifs is 1. The maximum Gasteiger partial charge on any atom is 0.260 e. The van der Waals surface area contributed by atoms with E-state index >= 15 is 0 Å². The number of hydrogen-bond acceptors (Lipinski definition) is 5. The van der Waals surface area contributed by atoms with E-state index in [0.29, 0.717) is 12.1 Å². The summed E-state index contributed by atoms with van der Waals surface area (Å²) in [5, 5.41) is 0.779. The first-order chi connectivity index (χ1) is 13.5. The van der Waals surface area contributed by atoms with Gasteiger partial charge < -0.3 is 4.90 Å². The highest BCUT2D eigenvalue weighted by atomic mass is 32.2. The molecule has 1 aromatic heterocycles. The van der Waals surface area contributed by atoms with E-state index in [4.69, 9.17) is 4.98 Å². The molecule has 1 amide bonds. The fourth-order valence-electron chi connectivity index (χ4n) is 3.01. The topological polar surface area (TPSA) is 36.4 Å². The number of nitrogens with zero attached hydrogens (tertiary/aromatic N) is 3. The molecule has 0 fully saturated rings. The molecule has 0 spiro atoms.